The smallest absolute Gasteiger partial charge is 0.131 e. The molecule has 0 aliphatic rings. The van der Waals surface area contributed by atoms with Crippen LogP contribution in [0.5, 0.6) is 5.75 Å². The van der Waals surface area contributed by atoms with Gasteiger partial charge in [0.1, 0.15) is 11.6 Å². The molecule has 0 aliphatic heterocycles. The third-order valence-electron chi connectivity index (χ3n) is 3.90. The van der Waals surface area contributed by atoms with Crippen molar-refractivity contribution in [2.45, 2.75) is 31.0 Å². The zero-order valence-electron chi connectivity index (χ0n) is 12.6. The Hall–Kier alpha value is -1.35. The highest BCUT2D eigenvalue weighted by atomic mass is 79.9. The Labute approximate surface area is 134 Å². The maximum atomic E-state index is 14.1. The standard InChI is InChI=1S/C18H20BrFO/c1-4-12(2)13-8-10-14(11-9-13)18(19)17-15(20)6-5-7-16(17)21-3/h5-12,18H,4H2,1-3H3. The molecule has 3 heteroatoms. The van der Waals surface area contributed by atoms with E-state index >= 15 is 0 Å². The van der Waals surface area contributed by atoms with Crippen LogP contribution in [0.15, 0.2) is 42.5 Å². The average molecular weight is 351 g/mol. The molecule has 2 unspecified atom stereocenters. The van der Waals surface area contributed by atoms with Gasteiger partial charge in [-0.1, -0.05) is 60.1 Å². The molecular formula is C18H20BrFO. The van der Waals surface area contributed by atoms with E-state index in [4.69, 9.17) is 4.74 Å². The van der Waals surface area contributed by atoms with Gasteiger partial charge in [-0.2, -0.15) is 0 Å². The van der Waals surface area contributed by atoms with Crippen molar-refractivity contribution >= 4 is 15.9 Å². The van der Waals surface area contributed by atoms with Gasteiger partial charge < -0.3 is 4.74 Å². The Morgan fingerprint density at radius 2 is 1.71 bits per heavy atom. The van der Waals surface area contributed by atoms with Gasteiger partial charge >= 0.3 is 0 Å². The second-order valence-corrected chi connectivity index (χ2v) is 6.11. The summed E-state index contributed by atoms with van der Waals surface area (Å²) in [5, 5.41) is 0. The minimum atomic E-state index is -0.262. The zero-order chi connectivity index (χ0) is 15.4. The first kappa shape index (κ1) is 16.0. The van der Waals surface area contributed by atoms with Crippen LogP contribution in [0.2, 0.25) is 0 Å². The van der Waals surface area contributed by atoms with E-state index in [0.717, 1.165) is 12.0 Å². The molecule has 112 valence electrons. The molecule has 0 saturated carbocycles. The van der Waals surface area contributed by atoms with Gasteiger partial charge in [-0.25, -0.2) is 4.39 Å². The van der Waals surface area contributed by atoms with E-state index in [2.05, 4.69) is 41.9 Å². The molecule has 2 aromatic rings. The van der Waals surface area contributed by atoms with E-state index in [1.54, 1.807) is 19.2 Å². The Bertz CT molecular complexity index is 595. The molecule has 0 bridgehead atoms. The van der Waals surface area contributed by atoms with Crippen molar-refractivity contribution in [1.82, 2.24) is 0 Å². The molecule has 0 spiro atoms. The summed E-state index contributed by atoms with van der Waals surface area (Å²) in [5.74, 6) is 0.834. The largest absolute Gasteiger partial charge is 0.496 e. The van der Waals surface area contributed by atoms with Crippen LogP contribution in [-0.2, 0) is 0 Å². The summed E-state index contributed by atoms with van der Waals surface area (Å²) in [4.78, 5) is -0.223. The molecule has 2 aromatic carbocycles. The van der Waals surface area contributed by atoms with Crippen LogP contribution in [0.4, 0.5) is 4.39 Å². The second kappa shape index (κ2) is 7.08. The molecule has 0 aliphatic carbocycles. The number of hydrogen-bond acceptors (Lipinski definition) is 1. The lowest BCUT2D eigenvalue weighted by molar-refractivity contribution is 0.405. The third-order valence-corrected chi connectivity index (χ3v) is 4.88. The van der Waals surface area contributed by atoms with Crippen LogP contribution < -0.4 is 4.74 Å². The molecule has 0 saturated heterocycles. The molecule has 0 radical (unpaired) electrons. The summed E-state index contributed by atoms with van der Waals surface area (Å²) >= 11 is 3.60. The Morgan fingerprint density at radius 1 is 1.10 bits per heavy atom. The molecule has 0 heterocycles. The topological polar surface area (TPSA) is 9.23 Å². The summed E-state index contributed by atoms with van der Waals surface area (Å²) in [7, 11) is 1.56. The fourth-order valence-electron chi connectivity index (χ4n) is 2.34. The van der Waals surface area contributed by atoms with Crippen molar-refractivity contribution in [3.05, 3.63) is 65.0 Å². The van der Waals surface area contributed by atoms with Crippen molar-refractivity contribution < 1.29 is 9.13 Å². The monoisotopic (exact) mass is 350 g/mol. The van der Waals surface area contributed by atoms with Gasteiger partial charge in [0.15, 0.2) is 0 Å². The predicted molar refractivity (Wildman–Crippen MR) is 88.9 cm³/mol. The first-order chi connectivity index (χ1) is 10.1. The van der Waals surface area contributed by atoms with E-state index in [0.29, 0.717) is 17.2 Å². The van der Waals surface area contributed by atoms with Crippen LogP contribution in [0, 0.1) is 5.82 Å². The molecule has 0 fully saturated rings. The minimum Gasteiger partial charge on any atom is -0.496 e. The Morgan fingerprint density at radius 3 is 2.29 bits per heavy atom. The Kier molecular flexibility index (Phi) is 5.40. The third kappa shape index (κ3) is 3.46. The lowest BCUT2D eigenvalue weighted by atomic mass is 9.95. The summed E-state index contributed by atoms with van der Waals surface area (Å²) in [5.41, 5.74) is 2.86. The van der Waals surface area contributed by atoms with Crippen molar-refractivity contribution in [3.8, 4) is 5.75 Å². The highest BCUT2D eigenvalue weighted by molar-refractivity contribution is 9.09. The lowest BCUT2D eigenvalue weighted by Gasteiger charge is -2.17. The van der Waals surface area contributed by atoms with Gasteiger partial charge in [0.25, 0.3) is 0 Å². The predicted octanol–water partition coefficient (Wildman–Crippen LogP) is 5.83. The van der Waals surface area contributed by atoms with Crippen LogP contribution in [0.25, 0.3) is 0 Å². The summed E-state index contributed by atoms with van der Waals surface area (Å²) < 4.78 is 19.4. The molecule has 0 N–H and O–H groups in total. The first-order valence-electron chi connectivity index (χ1n) is 7.14. The van der Waals surface area contributed by atoms with Crippen molar-refractivity contribution in [2.75, 3.05) is 7.11 Å². The fourth-order valence-corrected chi connectivity index (χ4v) is 3.09. The number of benzene rings is 2. The average Bonchev–Trinajstić information content (AvgIpc) is 2.53. The minimum absolute atomic E-state index is 0.223. The highest BCUT2D eigenvalue weighted by Crippen LogP contribution is 2.38. The molecule has 0 aromatic heterocycles. The Balaban J connectivity index is 2.34. The van der Waals surface area contributed by atoms with Crippen molar-refractivity contribution in [2.24, 2.45) is 0 Å². The number of halogens is 2. The van der Waals surface area contributed by atoms with Gasteiger partial charge in [0.05, 0.1) is 11.9 Å². The number of hydrogen-bond donors (Lipinski definition) is 0. The quantitative estimate of drug-likeness (QED) is 0.616. The summed E-state index contributed by atoms with van der Waals surface area (Å²) in [6.45, 7) is 4.39. The molecule has 21 heavy (non-hydrogen) atoms. The molecule has 1 nitrogen and oxygen atoms in total. The van der Waals surface area contributed by atoms with E-state index in [1.807, 2.05) is 12.1 Å². The lowest BCUT2D eigenvalue weighted by Crippen LogP contribution is -2.01. The van der Waals surface area contributed by atoms with E-state index in [9.17, 15) is 4.39 Å². The summed E-state index contributed by atoms with van der Waals surface area (Å²) in [6.07, 6.45) is 1.11. The number of alkyl halides is 1. The van der Waals surface area contributed by atoms with Crippen LogP contribution in [-0.4, -0.2) is 7.11 Å². The number of rotatable bonds is 5. The van der Waals surface area contributed by atoms with Crippen molar-refractivity contribution in [1.29, 1.82) is 0 Å². The number of ether oxygens (including phenoxy) is 1. The fraction of sp³-hybridized carbons (Fsp3) is 0.333. The molecule has 2 atom stereocenters. The van der Waals surface area contributed by atoms with Crippen molar-refractivity contribution in [3.63, 3.8) is 0 Å². The first-order valence-corrected chi connectivity index (χ1v) is 8.06. The maximum Gasteiger partial charge on any atom is 0.131 e. The maximum absolute atomic E-state index is 14.1. The zero-order valence-corrected chi connectivity index (χ0v) is 14.2. The van der Waals surface area contributed by atoms with E-state index < -0.39 is 0 Å². The highest BCUT2D eigenvalue weighted by Gasteiger charge is 2.19. The van der Waals surface area contributed by atoms with E-state index in [-0.39, 0.29) is 10.6 Å². The molecular weight excluding hydrogens is 331 g/mol. The second-order valence-electron chi connectivity index (χ2n) is 5.19. The van der Waals surface area contributed by atoms with Gasteiger partial charge in [-0.15, -0.1) is 0 Å². The summed E-state index contributed by atoms with van der Waals surface area (Å²) in [6, 6.07) is 13.2. The number of methoxy groups -OCH3 is 1. The van der Waals surface area contributed by atoms with E-state index in [1.165, 1.54) is 11.6 Å². The van der Waals surface area contributed by atoms with Gasteiger partial charge in [0.2, 0.25) is 0 Å². The molecule has 2 rings (SSSR count). The van der Waals surface area contributed by atoms with Crippen LogP contribution in [0.3, 0.4) is 0 Å². The normalized spacial score (nSPS) is 13.8. The van der Waals surface area contributed by atoms with Gasteiger partial charge in [-0.3, -0.25) is 0 Å². The van der Waals surface area contributed by atoms with Crippen LogP contribution in [0.1, 0.15) is 47.7 Å². The molecule has 0 amide bonds. The van der Waals surface area contributed by atoms with Gasteiger partial charge in [0, 0.05) is 5.56 Å². The van der Waals surface area contributed by atoms with Crippen LogP contribution >= 0.6 is 15.9 Å². The SMILES string of the molecule is CCC(C)c1ccc(C(Br)c2c(F)cccc2OC)cc1. The van der Waals surface area contributed by atoms with Gasteiger partial charge in [-0.05, 0) is 35.6 Å².